The summed E-state index contributed by atoms with van der Waals surface area (Å²) in [5.41, 5.74) is 2.00. The van der Waals surface area contributed by atoms with Crippen molar-refractivity contribution in [2.75, 3.05) is 11.4 Å². The van der Waals surface area contributed by atoms with Gasteiger partial charge < -0.3 is 4.90 Å². The molecule has 3 nitrogen and oxygen atoms in total. The number of carbonyl (C=O) groups excluding carboxylic acids is 1. The Morgan fingerprint density at radius 1 is 1.00 bits per heavy atom. The summed E-state index contributed by atoms with van der Waals surface area (Å²) in [6, 6.07) is 18.5. The molecule has 3 heterocycles. The van der Waals surface area contributed by atoms with Crippen molar-refractivity contribution in [2.24, 2.45) is 5.92 Å². The normalized spacial score (nSPS) is 11.2. The molecule has 30 heavy (non-hydrogen) atoms. The van der Waals surface area contributed by atoms with Gasteiger partial charge in [0.15, 0.2) is 0 Å². The van der Waals surface area contributed by atoms with E-state index in [1.54, 1.807) is 34.0 Å². The first kappa shape index (κ1) is 21.0. The van der Waals surface area contributed by atoms with E-state index in [9.17, 15) is 4.79 Å². The van der Waals surface area contributed by atoms with E-state index in [4.69, 9.17) is 4.98 Å². The summed E-state index contributed by atoms with van der Waals surface area (Å²) in [7, 11) is 0. The number of hydrogen-bond donors (Lipinski definition) is 0. The van der Waals surface area contributed by atoms with Crippen LogP contribution in [0.1, 0.15) is 25.1 Å². The second-order valence-corrected chi connectivity index (χ2v) is 10.4. The summed E-state index contributed by atoms with van der Waals surface area (Å²) in [5, 5.41) is 6.06. The third-order valence-electron chi connectivity index (χ3n) is 4.68. The van der Waals surface area contributed by atoms with Crippen LogP contribution in [0, 0.1) is 5.92 Å². The van der Waals surface area contributed by atoms with E-state index in [0.29, 0.717) is 18.9 Å². The molecule has 0 aliphatic rings. The zero-order valence-corrected chi connectivity index (χ0v) is 19.5. The van der Waals surface area contributed by atoms with Gasteiger partial charge in [-0.3, -0.25) is 4.79 Å². The number of rotatable bonds is 8. The van der Waals surface area contributed by atoms with E-state index in [0.717, 1.165) is 32.6 Å². The van der Waals surface area contributed by atoms with Crippen molar-refractivity contribution in [3.05, 3.63) is 70.2 Å². The Morgan fingerprint density at radius 2 is 1.77 bits per heavy atom. The molecule has 4 rings (SSSR count). The Labute approximate surface area is 189 Å². The van der Waals surface area contributed by atoms with Gasteiger partial charge in [-0.05, 0) is 35.2 Å². The van der Waals surface area contributed by atoms with E-state index in [1.807, 2.05) is 29.2 Å². The maximum Gasteiger partial charge on any atom is 0.227 e. The van der Waals surface area contributed by atoms with Crippen LogP contribution in [0.2, 0.25) is 0 Å². The fourth-order valence-corrected chi connectivity index (χ4v) is 5.86. The molecule has 1 amide bonds. The van der Waals surface area contributed by atoms with Crippen molar-refractivity contribution in [1.29, 1.82) is 0 Å². The molecule has 0 spiro atoms. The molecule has 0 unspecified atom stereocenters. The van der Waals surface area contributed by atoms with Crippen LogP contribution in [0.15, 0.2) is 65.4 Å². The zero-order chi connectivity index (χ0) is 20.9. The summed E-state index contributed by atoms with van der Waals surface area (Å²) < 4.78 is 0. The highest BCUT2D eigenvalue weighted by atomic mass is 32.1. The molecule has 0 N–H and O–H groups in total. The van der Waals surface area contributed by atoms with Crippen molar-refractivity contribution >= 4 is 44.9 Å². The fourth-order valence-electron chi connectivity index (χ4n) is 3.25. The molecule has 0 saturated carbocycles. The average molecular weight is 453 g/mol. The summed E-state index contributed by atoms with van der Waals surface area (Å²) in [4.78, 5) is 22.6. The summed E-state index contributed by atoms with van der Waals surface area (Å²) in [6.07, 6.45) is 1.39. The molecule has 0 aliphatic heterocycles. The molecule has 154 valence electrons. The lowest BCUT2D eigenvalue weighted by Crippen LogP contribution is -2.33. The minimum absolute atomic E-state index is 0.169. The van der Waals surface area contributed by atoms with E-state index < -0.39 is 0 Å². The quantitative estimate of drug-likeness (QED) is 0.283. The van der Waals surface area contributed by atoms with Gasteiger partial charge in [0, 0.05) is 23.4 Å². The van der Waals surface area contributed by atoms with Gasteiger partial charge in [-0.25, -0.2) is 4.98 Å². The van der Waals surface area contributed by atoms with Crippen LogP contribution in [0.5, 0.6) is 0 Å². The monoisotopic (exact) mass is 452 g/mol. The molecule has 0 radical (unpaired) electrons. The molecule has 0 fully saturated rings. The summed E-state index contributed by atoms with van der Waals surface area (Å²) >= 11 is 5.02. The lowest BCUT2D eigenvalue weighted by molar-refractivity contribution is -0.119. The van der Waals surface area contributed by atoms with Crippen LogP contribution in [-0.4, -0.2) is 17.4 Å². The predicted octanol–water partition coefficient (Wildman–Crippen LogP) is 7.22. The van der Waals surface area contributed by atoms with Gasteiger partial charge in [0.2, 0.25) is 5.91 Å². The smallest absolute Gasteiger partial charge is 0.227 e. The predicted molar refractivity (Wildman–Crippen MR) is 131 cm³/mol. The van der Waals surface area contributed by atoms with Gasteiger partial charge in [0.05, 0.1) is 4.88 Å². The van der Waals surface area contributed by atoms with Gasteiger partial charge in [-0.2, -0.15) is 0 Å². The molecule has 0 aliphatic carbocycles. The zero-order valence-electron chi connectivity index (χ0n) is 17.1. The molecule has 1 aromatic carbocycles. The lowest BCUT2D eigenvalue weighted by Gasteiger charge is -2.23. The number of anilines is 1. The van der Waals surface area contributed by atoms with Crippen molar-refractivity contribution in [1.82, 2.24) is 4.98 Å². The Morgan fingerprint density at radius 3 is 2.43 bits per heavy atom. The Kier molecular flexibility index (Phi) is 6.77. The summed E-state index contributed by atoms with van der Waals surface area (Å²) in [6.45, 7) is 4.86. The number of nitrogens with zero attached hydrogens (tertiary/aromatic N) is 2. The van der Waals surface area contributed by atoms with Crippen molar-refractivity contribution < 1.29 is 4.79 Å². The first-order chi connectivity index (χ1) is 14.6. The number of thiophene rings is 2. The van der Waals surface area contributed by atoms with Crippen LogP contribution in [-0.2, 0) is 11.2 Å². The molecule has 4 aromatic rings. The number of thiazole rings is 1. The van der Waals surface area contributed by atoms with Crippen molar-refractivity contribution in [2.45, 2.75) is 26.7 Å². The number of carbonyl (C=O) groups is 1. The first-order valence-corrected chi connectivity index (χ1v) is 12.6. The standard InChI is InChI=1S/C24H24N2OS3/c1-17(2)16-21(27)26(13-12-19-10-6-14-28-19)24-22(20-11-7-15-29-20)25-23(30-24)18-8-4-3-5-9-18/h3-11,14-15,17H,12-13,16H2,1-2H3. The van der Waals surface area contributed by atoms with Crippen LogP contribution in [0.3, 0.4) is 0 Å². The molecule has 0 bridgehead atoms. The van der Waals surface area contributed by atoms with E-state index in [-0.39, 0.29) is 5.91 Å². The van der Waals surface area contributed by atoms with Gasteiger partial charge in [-0.15, -0.1) is 22.7 Å². The van der Waals surface area contributed by atoms with Gasteiger partial charge in [-0.1, -0.05) is 67.6 Å². The van der Waals surface area contributed by atoms with Gasteiger partial charge in [0.25, 0.3) is 0 Å². The minimum Gasteiger partial charge on any atom is -0.302 e. The van der Waals surface area contributed by atoms with Crippen molar-refractivity contribution in [3.8, 4) is 21.1 Å². The third-order valence-corrected chi connectivity index (χ3v) is 7.62. The van der Waals surface area contributed by atoms with E-state index in [2.05, 4.69) is 54.9 Å². The lowest BCUT2D eigenvalue weighted by atomic mass is 10.1. The number of amides is 1. The molecule has 6 heteroatoms. The molecule has 0 atom stereocenters. The largest absolute Gasteiger partial charge is 0.302 e. The average Bonchev–Trinajstić information content (AvgIpc) is 3.50. The van der Waals surface area contributed by atoms with Crippen LogP contribution < -0.4 is 4.90 Å². The van der Waals surface area contributed by atoms with E-state index >= 15 is 0 Å². The van der Waals surface area contributed by atoms with E-state index in [1.165, 1.54) is 4.88 Å². The summed E-state index contributed by atoms with van der Waals surface area (Å²) in [5.74, 6) is 0.482. The topological polar surface area (TPSA) is 33.2 Å². The minimum atomic E-state index is 0.169. The van der Waals surface area contributed by atoms with Crippen LogP contribution in [0.4, 0.5) is 5.00 Å². The fraction of sp³-hybridized carbons (Fsp3) is 0.250. The second kappa shape index (κ2) is 9.69. The number of aromatic nitrogens is 1. The molecular weight excluding hydrogens is 428 g/mol. The molecule has 3 aromatic heterocycles. The Balaban J connectivity index is 1.75. The number of hydrogen-bond acceptors (Lipinski definition) is 5. The highest BCUT2D eigenvalue weighted by Crippen LogP contribution is 2.42. The van der Waals surface area contributed by atoms with Crippen LogP contribution >= 0.6 is 34.0 Å². The second-order valence-electron chi connectivity index (χ2n) is 7.49. The highest BCUT2D eigenvalue weighted by Gasteiger charge is 2.25. The van der Waals surface area contributed by atoms with Gasteiger partial charge in [0.1, 0.15) is 15.7 Å². The van der Waals surface area contributed by atoms with Gasteiger partial charge >= 0.3 is 0 Å². The maximum atomic E-state index is 13.3. The highest BCUT2D eigenvalue weighted by molar-refractivity contribution is 7.20. The SMILES string of the molecule is CC(C)CC(=O)N(CCc1cccs1)c1sc(-c2ccccc2)nc1-c1cccs1. The van der Waals surface area contributed by atoms with Crippen LogP contribution in [0.25, 0.3) is 21.1 Å². The molecular formula is C24H24N2OS3. The third kappa shape index (κ3) is 4.89. The maximum absolute atomic E-state index is 13.3. The Hall–Kier alpha value is -2.28. The molecule has 0 saturated heterocycles. The first-order valence-electron chi connectivity index (χ1n) is 10.0. The number of benzene rings is 1. The van der Waals surface area contributed by atoms with Crippen molar-refractivity contribution in [3.63, 3.8) is 0 Å². The Bertz CT molecular complexity index is 1070.